The van der Waals surface area contributed by atoms with Crippen LogP contribution < -0.4 is 4.74 Å². The van der Waals surface area contributed by atoms with E-state index in [1.165, 1.54) is 6.07 Å². The van der Waals surface area contributed by atoms with E-state index in [1.54, 1.807) is 25.4 Å². The van der Waals surface area contributed by atoms with Gasteiger partial charge in [0.1, 0.15) is 11.6 Å². The number of carbonyl (C=O) groups excluding carboxylic acids is 1. The minimum Gasteiger partial charge on any atom is -0.497 e. The van der Waals surface area contributed by atoms with Gasteiger partial charge in [0.15, 0.2) is 0 Å². The van der Waals surface area contributed by atoms with Crippen LogP contribution in [-0.4, -0.2) is 29.4 Å². The van der Waals surface area contributed by atoms with E-state index in [0.29, 0.717) is 24.8 Å². The van der Waals surface area contributed by atoms with Crippen LogP contribution in [0, 0.1) is 5.82 Å². The van der Waals surface area contributed by atoms with Crippen LogP contribution in [0.2, 0.25) is 0 Å². The molecule has 160 valence electrons. The summed E-state index contributed by atoms with van der Waals surface area (Å²) >= 11 is 0. The fraction of sp³-hybridized carbons (Fsp3) is 0.308. The van der Waals surface area contributed by atoms with Gasteiger partial charge in [0.05, 0.1) is 18.8 Å². The molecule has 0 bridgehead atoms. The van der Waals surface area contributed by atoms with Gasteiger partial charge in [0, 0.05) is 25.6 Å². The zero-order valence-corrected chi connectivity index (χ0v) is 17.8. The first-order chi connectivity index (χ1) is 15.1. The van der Waals surface area contributed by atoms with Gasteiger partial charge < -0.3 is 9.64 Å². The molecule has 1 aliphatic heterocycles. The second kappa shape index (κ2) is 9.73. The van der Waals surface area contributed by atoms with Crippen LogP contribution in [0.3, 0.4) is 0 Å². The Labute approximate surface area is 182 Å². The van der Waals surface area contributed by atoms with Gasteiger partial charge in [0.25, 0.3) is 0 Å². The van der Waals surface area contributed by atoms with Crippen molar-refractivity contribution in [3.8, 4) is 5.75 Å². The minimum atomic E-state index is -0.198. The summed E-state index contributed by atoms with van der Waals surface area (Å²) in [7, 11) is 1.65. The number of aryl methyl sites for hydroxylation is 1. The van der Waals surface area contributed by atoms with E-state index in [9.17, 15) is 9.18 Å². The van der Waals surface area contributed by atoms with Crippen LogP contribution in [0.5, 0.6) is 5.75 Å². The highest BCUT2D eigenvalue weighted by atomic mass is 19.1. The molecule has 5 heteroatoms. The third-order valence-electron chi connectivity index (χ3n) is 5.90. The maximum atomic E-state index is 13.9. The largest absolute Gasteiger partial charge is 0.497 e. The molecule has 4 rings (SSSR count). The highest BCUT2D eigenvalue weighted by Crippen LogP contribution is 2.31. The minimum absolute atomic E-state index is 0.0193. The fourth-order valence-electron chi connectivity index (χ4n) is 4.16. The van der Waals surface area contributed by atoms with Crippen molar-refractivity contribution in [2.24, 2.45) is 0 Å². The number of aromatic nitrogens is 1. The average Bonchev–Trinajstić information content (AvgIpc) is 3.30. The average molecular weight is 419 g/mol. The lowest BCUT2D eigenvalue weighted by molar-refractivity contribution is -0.132. The molecule has 1 aliphatic rings. The smallest absolute Gasteiger partial charge is 0.223 e. The third-order valence-corrected chi connectivity index (χ3v) is 5.90. The summed E-state index contributed by atoms with van der Waals surface area (Å²) in [6.07, 6.45) is 5.41. The van der Waals surface area contributed by atoms with Gasteiger partial charge in [-0.1, -0.05) is 36.4 Å². The lowest BCUT2D eigenvalue weighted by atomic mass is 10.0. The van der Waals surface area contributed by atoms with Gasteiger partial charge in [-0.2, -0.15) is 0 Å². The van der Waals surface area contributed by atoms with Gasteiger partial charge in [-0.25, -0.2) is 4.39 Å². The number of hydrogen-bond donors (Lipinski definition) is 0. The van der Waals surface area contributed by atoms with Crippen LogP contribution >= 0.6 is 0 Å². The zero-order chi connectivity index (χ0) is 21.6. The molecule has 31 heavy (non-hydrogen) atoms. The van der Waals surface area contributed by atoms with E-state index in [4.69, 9.17) is 4.74 Å². The number of hydrogen-bond acceptors (Lipinski definition) is 3. The molecule has 0 spiro atoms. The van der Waals surface area contributed by atoms with Crippen molar-refractivity contribution in [3.63, 3.8) is 0 Å². The lowest BCUT2D eigenvalue weighted by Gasteiger charge is -2.24. The van der Waals surface area contributed by atoms with Crippen molar-refractivity contribution in [2.45, 2.75) is 38.1 Å². The molecule has 3 aromatic rings. The number of halogens is 1. The van der Waals surface area contributed by atoms with Crippen molar-refractivity contribution in [1.29, 1.82) is 0 Å². The molecule has 4 nitrogen and oxygen atoms in total. The number of rotatable bonds is 7. The highest BCUT2D eigenvalue weighted by Gasteiger charge is 2.30. The van der Waals surface area contributed by atoms with Gasteiger partial charge >= 0.3 is 0 Å². The van der Waals surface area contributed by atoms with Crippen molar-refractivity contribution in [1.82, 2.24) is 9.88 Å². The molecular weight excluding hydrogens is 391 g/mol. The van der Waals surface area contributed by atoms with Gasteiger partial charge in [-0.3, -0.25) is 9.78 Å². The van der Waals surface area contributed by atoms with E-state index in [0.717, 1.165) is 42.0 Å². The van der Waals surface area contributed by atoms with Crippen LogP contribution in [0.25, 0.3) is 0 Å². The molecule has 1 atom stereocenters. The summed E-state index contributed by atoms with van der Waals surface area (Å²) in [5, 5.41) is 0. The molecule has 0 unspecified atom stereocenters. The Balaban J connectivity index is 1.38. The molecule has 0 saturated carbocycles. The Kier molecular flexibility index (Phi) is 6.60. The second-order valence-electron chi connectivity index (χ2n) is 7.95. The van der Waals surface area contributed by atoms with Crippen molar-refractivity contribution >= 4 is 5.91 Å². The molecule has 1 fully saturated rings. The van der Waals surface area contributed by atoms with Crippen LogP contribution in [0.4, 0.5) is 4.39 Å². The summed E-state index contributed by atoms with van der Waals surface area (Å²) < 4.78 is 19.1. The molecule has 1 saturated heterocycles. The third kappa shape index (κ3) is 5.10. The monoisotopic (exact) mass is 418 g/mol. The van der Waals surface area contributed by atoms with Gasteiger partial charge in [-0.05, 0) is 60.2 Å². The molecule has 2 aromatic carbocycles. The molecular formula is C26H27FN2O2. The molecule has 2 heterocycles. The maximum absolute atomic E-state index is 13.9. The predicted molar refractivity (Wildman–Crippen MR) is 118 cm³/mol. The van der Waals surface area contributed by atoms with E-state index in [1.807, 2.05) is 47.4 Å². The summed E-state index contributed by atoms with van der Waals surface area (Å²) in [6, 6.07) is 18.7. The molecule has 0 N–H and O–H groups in total. The Hall–Kier alpha value is -3.21. The Morgan fingerprint density at radius 3 is 2.58 bits per heavy atom. The van der Waals surface area contributed by atoms with Crippen LogP contribution in [0.15, 0.2) is 66.9 Å². The molecule has 0 aliphatic carbocycles. The number of carbonyl (C=O) groups is 1. The number of likely N-dealkylation sites (tertiary alicyclic amines) is 1. The van der Waals surface area contributed by atoms with Crippen LogP contribution in [0.1, 0.15) is 47.7 Å². The van der Waals surface area contributed by atoms with E-state index < -0.39 is 0 Å². The first kappa shape index (κ1) is 21.0. The predicted octanol–water partition coefficient (Wildman–Crippen LogP) is 5.12. The van der Waals surface area contributed by atoms with E-state index in [-0.39, 0.29) is 17.8 Å². The quantitative estimate of drug-likeness (QED) is 0.535. The topological polar surface area (TPSA) is 42.4 Å². The first-order valence-electron chi connectivity index (χ1n) is 10.7. The van der Waals surface area contributed by atoms with Crippen molar-refractivity contribution in [2.75, 3.05) is 13.7 Å². The summed E-state index contributed by atoms with van der Waals surface area (Å²) in [5.74, 6) is 0.783. The Morgan fingerprint density at radius 2 is 1.87 bits per heavy atom. The second-order valence-corrected chi connectivity index (χ2v) is 7.95. The maximum Gasteiger partial charge on any atom is 0.223 e. The Bertz CT molecular complexity index is 1020. The number of benzene rings is 2. The van der Waals surface area contributed by atoms with Crippen molar-refractivity contribution in [3.05, 3.63) is 95.1 Å². The van der Waals surface area contributed by atoms with E-state index >= 15 is 0 Å². The van der Waals surface area contributed by atoms with Gasteiger partial charge in [0.2, 0.25) is 5.91 Å². The number of pyridine rings is 1. The summed E-state index contributed by atoms with van der Waals surface area (Å²) in [6.45, 7) is 0.769. The lowest BCUT2D eigenvalue weighted by Crippen LogP contribution is -2.31. The van der Waals surface area contributed by atoms with Gasteiger partial charge in [-0.15, -0.1) is 0 Å². The van der Waals surface area contributed by atoms with Crippen molar-refractivity contribution < 1.29 is 13.9 Å². The Morgan fingerprint density at radius 1 is 1.10 bits per heavy atom. The standard InChI is InChI=1S/C26H27FN2O2/c1-31-22-12-8-19(9-13-22)11-15-26(30)29-16-4-7-25(29)24-14-10-20(18-28-24)17-21-5-2-3-6-23(21)27/h2-3,5-6,8-10,12-14,18,25H,4,7,11,15-17H2,1H3/t25-/m1/s1. The number of methoxy groups -OCH3 is 1. The fourth-order valence-corrected chi connectivity index (χ4v) is 4.16. The first-order valence-corrected chi connectivity index (χ1v) is 10.7. The summed E-state index contributed by atoms with van der Waals surface area (Å²) in [5.41, 5.74) is 3.66. The highest BCUT2D eigenvalue weighted by molar-refractivity contribution is 5.77. The summed E-state index contributed by atoms with van der Waals surface area (Å²) in [4.78, 5) is 19.5. The zero-order valence-electron chi connectivity index (χ0n) is 17.8. The number of nitrogens with zero attached hydrogens (tertiary/aromatic N) is 2. The number of ether oxygens (including phenoxy) is 1. The van der Waals surface area contributed by atoms with Crippen LogP contribution in [-0.2, 0) is 17.6 Å². The van der Waals surface area contributed by atoms with E-state index in [2.05, 4.69) is 4.98 Å². The molecule has 0 radical (unpaired) electrons. The molecule has 1 amide bonds. The number of amides is 1. The molecule has 1 aromatic heterocycles. The SMILES string of the molecule is COc1ccc(CCC(=O)N2CCC[C@@H]2c2ccc(Cc3ccccc3F)cn2)cc1. The normalized spacial score (nSPS) is 15.8.